The Balaban J connectivity index is 1.11. The minimum absolute atomic E-state index is 0.689. The summed E-state index contributed by atoms with van der Waals surface area (Å²) in [4.78, 5) is 15.6. The van der Waals surface area contributed by atoms with Crippen LogP contribution in [0.25, 0.3) is 100 Å². The molecule has 0 fully saturated rings. The van der Waals surface area contributed by atoms with Gasteiger partial charge in [-0.05, 0) is 69.1 Å². The van der Waals surface area contributed by atoms with E-state index in [-0.39, 0.29) is 0 Å². The lowest BCUT2D eigenvalue weighted by Crippen LogP contribution is -1.96. The summed E-state index contributed by atoms with van der Waals surface area (Å²) in [5.41, 5.74) is 14.7. The highest BCUT2D eigenvalue weighted by Gasteiger charge is 2.16. The van der Waals surface area contributed by atoms with Crippen molar-refractivity contribution in [2.75, 3.05) is 0 Å². The Morgan fingerprint density at radius 3 is 1.36 bits per heavy atom. The first-order chi connectivity index (χ1) is 27.7. The maximum absolute atomic E-state index is 5.24. The number of hydrogen-bond acceptors (Lipinski definition) is 3. The van der Waals surface area contributed by atoms with Crippen molar-refractivity contribution in [2.24, 2.45) is 0 Å². The van der Waals surface area contributed by atoms with Gasteiger partial charge in [0.2, 0.25) is 0 Å². The van der Waals surface area contributed by atoms with Crippen LogP contribution in [0.2, 0.25) is 0 Å². The molecule has 0 bridgehead atoms. The number of hydrogen-bond donors (Lipinski definition) is 0. The second-order valence-corrected chi connectivity index (χ2v) is 14.0. The zero-order valence-electron chi connectivity index (χ0n) is 30.5. The zero-order valence-corrected chi connectivity index (χ0v) is 30.5. The molecule has 0 radical (unpaired) electrons. The number of aromatic nitrogens is 3. The van der Waals surface area contributed by atoms with Crippen LogP contribution in [0.3, 0.4) is 0 Å². The van der Waals surface area contributed by atoms with Gasteiger partial charge in [0.1, 0.15) is 0 Å². The Kier molecular flexibility index (Phi) is 8.51. The van der Waals surface area contributed by atoms with Gasteiger partial charge in [0, 0.05) is 33.0 Å². The van der Waals surface area contributed by atoms with Crippen LogP contribution < -0.4 is 0 Å². The van der Waals surface area contributed by atoms with E-state index >= 15 is 0 Å². The van der Waals surface area contributed by atoms with E-state index in [9.17, 15) is 0 Å². The molecule has 0 N–H and O–H groups in total. The second-order valence-electron chi connectivity index (χ2n) is 14.0. The lowest BCUT2D eigenvalue weighted by atomic mass is 9.93. The van der Waals surface area contributed by atoms with E-state index in [0.717, 1.165) is 89.0 Å². The van der Waals surface area contributed by atoms with E-state index in [2.05, 4.69) is 188 Å². The van der Waals surface area contributed by atoms with Crippen LogP contribution in [0.4, 0.5) is 0 Å². The third-order valence-electron chi connectivity index (χ3n) is 10.5. The molecule has 0 amide bonds. The van der Waals surface area contributed by atoms with Crippen molar-refractivity contribution >= 4 is 21.7 Å². The molecule has 3 nitrogen and oxygen atoms in total. The third kappa shape index (κ3) is 6.31. The SMILES string of the molecule is c1ccc(-c2cc(-c3ccccc3)cc(-c3cc(-c4ccc(-c5cccc6nc(-c7ccccc7)c7ccccc7c56)cc4)nc(-c4ccccc4)n3)c2)cc1. The van der Waals surface area contributed by atoms with Gasteiger partial charge in [-0.2, -0.15) is 0 Å². The maximum Gasteiger partial charge on any atom is 0.160 e. The monoisotopic (exact) mass is 713 g/mol. The van der Waals surface area contributed by atoms with Crippen molar-refractivity contribution < 1.29 is 0 Å². The fraction of sp³-hybridized carbons (Fsp3) is 0. The van der Waals surface area contributed by atoms with Crippen molar-refractivity contribution in [2.45, 2.75) is 0 Å². The highest BCUT2D eigenvalue weighted by atomic mass is 14.9. The van der Waals surface area contributed by atoms with E-state index < -0.39 is 0 Å². The number of rotatable bonds is 7. The molecular weight excluding hydrogens is 679 g/mol. The molecule has 262 valence electrons. The van der Waals surface area contributed by atoms with Crippen molar-refractivity contribution in [3.05, 3.63) is 212 Å². The van der Waals surface area contributed by atoms with Crippen LogP contribution in [0, 0.1) is 0 Å². The lowest BCUT2D eigenvalue weighted by molar-refractivity contribution is 1.18. The molecule has 0 atom stereocenters. The quantitative estimate of drug-likeness (QED) is 0.154. The van der Waals surface area contributed by atoms with E-state index in [4.69, 9.17) is 15.0 Å². The summed E-state index contributed by atoms with van der Waals surface area (Å²) < 4.78 is 0. The van der Waals surface area contributed by atoms with Gasteiger partial charge in [-0.15, -0.1) is 0 Å². The Hall–Kier alpha value is -7.49. The largest absolute Gasteiger partial charge is 0.247 e. The van der Waals surface area contributed by atoms with Crippen molar-refractivity contribution in [1.29, 1.82) is 0 Å². The van der Waals surface area contributed by atoms with E-state index in [1.54, 1.807) is 0 Å². The summed E-state index contributed by atoms with van der Waals surface area (Å²) in [6.07, 6.45) is 0. The number of nitrogens with zero attached hydrogens (tertiary/aromatic N) is 3. The first-order valence-electron chi connectivity index (χ1n) is 18.9. The van der Waals surface area contributed by atoms with Crippen LogP contribution in [-0.4, -0.2) is 15.0 Å². The van der Waals surface area contributed by atoms with Gasteiger partial charge in [0.05, 0.1) is 22.6 Å². The molecule has 0 saturated heterocycles. The summed E-state index contributed by atoms with van der Waals surface area (Å²) in [6, 6.07) is 74.5. The average molecular weight is 714 g/mol. The molecule has 2 heterocycles. The fourth-order valence-electron chi connectivity index (χ4n) is 7.71. The second kappa shape index (κ2) is 14.4. The Morgan fingerprint density at radius 2 is 0.750 bits per heavy atom. The van der Waals surface area contributed by atoms with Crippen LogP contribution in [0.1, 0.15) is 0 Å². The third-order valence-corrected chi connectivity index (χ3v) is 10.5. The first kappa shape index (κ1) is 33.1. The number of fused-ring (bicyclic) bond motifs is 3. The predicted molar refractivity (Wildman–Crippen MR) is 233 cm³/mol. The normalized spacial score (nSPS) is 11.2. The molecule has 3 heteroatoms. The minimum atomic E-state index is 0.689. The molecule has 0 unspecified atom stereocenters. The van der Waals surface area contributed by atoms with Crippen LogP contribution >= 0.6 is 0 Å². The predicted octanol–water partition coefficient (Wildman–Crippen LogP) is 13.8. The van der Waals surface area contributed by atoms with Crippen LogP contribution in [0.15, 0.2) is 212 Å². The number of pyridine rings is 1. The van der Waals surface area contributed by atoms with Crippen molar-refractivity contribution in [1.82, 2.24) is 15.0 Å². The highest BCUT2D eigenvalue weighted by Crippen LogP contribution is 2.39. The van der Waals surface area contributed by atoms with Gasteiger partial charge in [-0.3, -0.25) is 0 Å². The highest BCUT2D eigenvalue weighted by molar-refractivity contribution is 6.16. The topological polar surface area (TPSA) is 38.7 Å². The summed E-state index contributed by atoms with van der Waals surface area (Å²) >= 11 is 0. The van der Waals surface area contributed by atoms with E-state index in [0.29, 0.717) is 5.82 Å². The molecule has 0 aliphatic carbocycles. The average Bonchev–Trinajstić information content (AvgIpc) is 3.29. The molecule has 2 aromatic heterocycles. The van der Waals surface area contributed by atoms with Crippen molar-refractivity contribution in [3.8, 4) is 78.5 Å². The molecule has 0 spiro atoms. The maximum atomic E-state index is 5.24. The summed E-state index contributed by atoms with van der Waals surface area (Å²) in [6.45, 7) is 0. The Bertz CT molecular complexity index is 2920. The van der Waals surface area contributed by atoms with Gasteiger partial charge in [-0.25, -0.2) is 15.0 Å². The van der Waals surface area contributed by atoms with Gasteiger partial charge in [0.25, 0.3) is 0 Å². The van der Waals surface area contributed by atoms with E-state index in [1.165, 1.54) is 5.39 Å². The van der Waals surface area contributed by atoms with Crippen molar-refractivity contribution in [3.63, 3.8) is 0 Å². The zero-order chi connectivity index (χ0) is 37.3. The fourth-order valence-corrected chi connectivity index (χ4v) is 7.71. The minimum Gasteiger partial charge on any atom is -0.247 e. The van der Waals surface area contributed by atoms with E-state index in [1.807, 2.05) is 24.3 Å². The van der Waals surface area contributed by atoms with Crippen LogP contribution in [-0.2, 0) is 0 Å². The molecule has 0 aliphatic heterocycles. The summed E-state index contributed by atoms with van der Waals surface area (Å²) in [7, 11) is 0. The molecule has 0 saturated carbocycles. The standard InChI is InChI=1S/C53H35N3/c1-5-16-36(17-6-1)42-32-43(37-18-7-2-8-19-37)34-44(33-42)50-35-49(55-53(56-50)41-22-11-4-12-23-41)39-30-28-38(29-31-39)45-26-15-27-48-51(45)46-24-13-14-25-47(46)52(54-48)40-20-9-3-10-21-40/h1-35H. The molecule has 0 aliphatic rings. The summed E-state index contributed by atoms with van der Waals surface area (Å²) in [5, 5.41) is 3.49. The molecule has 10 aromatic rings. The molecule has 8 aromatic carbocycles. The van der Waals surface area contributed by atoms with Gasteiger partial charge in [-0.1, -0.05) is 182 Å². The van der Waals surface area contributed by atoms with Gasteiger partial charge in [0.15, 0.2) is 5.82 Å². The Labute approximate surface area is 326 Å². The number of benzene rings is 8. The van der Waals surface area contributed by atoms with Crippen LogP contribution in [0.5, 0.6) is 0 Å². The summed E-state index contributed by atoms with van der Waals surface area (Å²) in [5.74, 6) is 0.689. The first-order valence-corrected chi connectivity index (χ1v) is 18.9. The smallest absolute Gasteiger partial charge is 0.160 e. The molecular formula is C53H35N3. The molecule has 56 heavy (non-hydrogen) atoms. The Morgan fingerprint density at radius 1 is 0.268 bits per heavy atom. The van der Waals surface area contributed by atoms with Gasteiger partial charge < -0.3 is 0 Å². The van der Waals surface area contributed by atoms with Gasteiger partial charge >= 0.3 is 0 Å². The molecule has 10 rings (SSSR count). The lowest BCUT2D eigenvalue weighted by Gasteiger charge is -2.14.